The molecule has 4 nitrogen and oxygen atoms in total. The summed E-state index contributed by atoms with van der Waals surface area (Å²) in [6, 6.07) is 10.2. The molecule has 0 bridgehead atoms. The fourth-order valence-electron chi connectivity index (χ4n) is 1.57. The quantitative estimate of drug-likeness (QED) is 0.775. The van der Waals surface area contributed by atoms with Gasteiger partial charge >= 0.3 is 0 Å². The van der Waals surface area contributed by atoms with Crippen LogP contribution in [0.1, 0.15) is 21.2 Å². The van der Waals surface area contributed by atoms with Crippen molar-refractivity contribution in [3.8, 4) is 0 Å². The van der Waals surface area contributed by atoms with Crippen molar-refractivity contribution in [2.24, 2.45) is 0 Å². The van der Waals surface area contributed by atoms with Gasteiger partial charge in [-0.2, -0.15) is 0 Å². The van der Waals surface area contributed by atoms with Crippen molar-refractivity contribution in [2.75, 3.05) is 68.3 Å². The SMILES string of the molecule is C.Cl.[2H]C([2H])([2H])N(C)CCN(C)Cc1ccccc1.[2H]C([2H])([2H])N(C)CCNC. The third-order valence-corrected chi connectivity index (χ3v) is 2.81. The second-order valence-electron chi connectivity index (χ2n) is 5.17. The number of nitrogens with zero attached hydrogens (tertiary/aromatic N) is 3. The van der Waals surface area contributed by atoms with E-state index in [-0.39, 0.29) is 19.8 Å². The summed E-state index contributed by atoms with van der Waals surface area (Å²) >= 11 is 0. The lowest BCUT2D eigenvalue weighted by atomic mass is 10.2. The highest BCUT2D eigenvalue weighted by Gasteiger charge is 1.99. The van der Waals surface area contributed by atoms with Crippen LogP contribution in [-0.4, -0.2) is 83.0 Å². The Kier molecular flexibility index (Phi) is 12.2. The van der Waals surface area contributed by atoms with Crippen molar-refractivity contribution >= 4 is 12.4 Å². The largest absolute Gasteiger partial charge is 0.318 e. The summed E-state index contributed by atoms with van der Waals surface area (Å²) < 4.78 is 42.6. The zero-order valence-electron chi connectivity index (χ0n) is 20.2. The van der Waals surface area contributed by atoms with Gasteiger partial charge in [-0.3, -0.25) is 0 Å². The van der Waals surface area contributed by atoms with Crippen LogP contribution in [0.5, 0.6) is 0 Å². The monoisotopic (exact) mass is 352 g/mol. The maximum atomic E-state index is 7.24. The molecule has 0 fully saturated rings. The van der Waals surface area contributed by atoms with Gasteiger partial charge in [-0.1, -0.05) is 37.8 Å². The van der Waals surface area contributed by atoms with E-state index in [0.717, 1.165) is 13.1 Å². The van der Waals surface area contributed by atoms with E-state index >= 15 is 0 Å². The molecule has 0 unspecified atom stereocenters. The molecule has 0 saturated heterocycles. The van der Waals surface area contributed by atoms with Crippen LogP contribution in [0.25, 0.3) is 0 Å². The molecule has 23 heavy (non-hydrogen) atoms. The normalized spacial score (nSPS) is 14.9. The van der Waals surface area contributed by atoms with Crippen LogP contribution in [-0.2, 0) is 6.54 Å². The molecule has 138 valence electrons. The van der Waals surface area contributed by atoms with E-state index < -0.39 is 14.0 Å². The van der Waals surface area contributed by atoms with Gasteiger partial charge in [-0.05, 0) is 47.7 Å². The average molecular weight is 353 g/mol. The van der Waals surface area contributed by atoms with Gasteiger partial charge in [0, 0.05) is 40.9 Å². The van der Waals surface area contributed by atoms with E-state index in [9.17, 15) is 0 Å². The molecule has 1 rings (SSSR count). The number of nitrogens with one attached hydrogen (secondary N) is 1. The average Bonchev–Trinajstić information content (AvgIpc) is 2.57. The van der Waals surface area contributed by atoms with E-state index in [1.807, 2.05) is 25.2 Å². The van der Waals surface area contributed by atoms with Crippen LogP contribution in [0.3, 0.4) is 0 Å². The molecule has 0 atom stereocenters. The van der Waals surface area contributed by atoms with Crippen molar-refractivity contribution < 1.29 is 8.22 Å². The van der Waals surface area contributed by atoms with Gasteiger partial charge in [-0.25, -0.2) is 0 Å². The molecule has 1 aromatic rings. The molecule has 0 spiro atoms. The molecular weight excluding hydrogens is 308 g/mol. The van der Waals surface area contributed by atoms with E-state index in [0.29, 0.717) is 19.6 Å². The first-order valence-electron chi connectivity index (χ1n) is 10.2. The fraction of sp³-hybridized carbons (Fsp3) is 0.667. The maximum Gasteiger partial charge on any atom is 0.0394 e. The lowest BCUT2D eigenvalue weighted by Gasteiger charge is -2.19. The Labute approximate surface area is 159 Å². The van der Waals surface area contributed by atoms with Gasteiger partial charge in [0.25, 0.3) is 0 Å². The summed E-state index contributed by atoms with van der Waals surface area (Å²) in [5, 5.41) is 2.88. The van der Waals surface area contributed by atoms with Crippen LogP contribution in [0.2, 0.25) is 0 Å². The summed E-state index contributed by atoms with van der Waals surface area (Å²) in [7, 11) is 7.02. The number of hydrogen-bond donors (Lipinski definition) is 1. The van der Waals surface area contributed by atoms with Crippen molar-refractivity contribution in [2.45, 2.75) is 14.0 Å². The van der Waals surface area contributed by atoms with E-state index in [2.05, 4.69) is 22.3 Å². The Morgan fingerprint density at radius 2 is 1.52 bits per heavy atom. The minimum absolute atomic E-state index is 0. The molecule has 0 aliphatic carbocycles. The predicted molar refractivity (Wildman–Crippen MR) is 108 cm³/mol. The standard InChI is InChI=1S/C12H20N2.C5H14N2.CH4.ClH/c1-13(2)9-10-14(3)11-12-7-5-4-6-8-12;1-6-4-5-7(2)3;;/h4-8H,9-11H2,1-3H3;6H,4-5H2,1-3H3;1H4;1H/i1D3;2D3;;. The molecule has 0 aromatic heterocycles. The van der Waals surface area contributed by atoms with Gasteiger partial charge < -0.3 is 20.0 Å². The zero-order valence-corrected chi connectivity index (χ0v) is 15.0. The van der Waals surface area contributed by atoms with Gasteiger partial charge in [-0.15, -0.1) is 12.4 Å². The number of halogens is 1. The molecule has 5 heteroatoms. The molecule has 0 aliphatic heterocycles. The van der Waals surface area contributed by atoms with Crippen LogP contribution in [0.4, 0.5) is 0 Å². The van der Waals surface area contributed by atoms with Crippen molar-refractivity contribution in [1.29, 1.82) is 0 Å². The molecule has 0 saturated carbocycles. The minimum atomic E-state index is -1.99. The van der Waals surface area contributed by atoms with E-state index in [4.69, 9.17) is 8.22 Å². The van der Waals surface area contributed by atoms with Crippen molar-refractivity contribution in [3.05, 3.63) is 35.9 Å². The first-order valence-corrected chi connectivity index (χ1v) is 7.17. The number of rotatable bonds is 8. The number of hydrogen-bond acceptors (Lipinski definition) is 4. The zero-order chi connectivity index (χ0) is 21.1. The summed E-state index contributed by atoms with van der Waals surface area (Å²) in [6.07, 6.45) is 0. The Morgan fingerprint density at radius 3 is 2.04 bits per heavy atom. The third kappa shape index (κ3) is 19.3. The predicted octanol–water partition coefficient (Wildman–Crippen LogP) is 2.51. The van der Waals surface area contributed by atoms with E-state index in [1.165, 1.54) is 15.4 Å². The second kappa shape index (κ2) is 17.7. The molecule has 1 aromatic carbocycles. The Balaban J connectivity index is -0.000000491. The summed E-state index contributed by atoms with van der Waals surface area (Å²) in [4.78, 5) is 4.86. The molecule has 0 aliphatic rings. The van der Waals surface area contributed by atoms with E-state index in [1.54, 1.807) is 21.1 Å². The molecule has 0 radical (unpaired) electrons. The lowest BCUT2D eigenvalue weighted by molar-refractivity contribution is 0.276. The Morgan fingerprint density at radius 1 is 0.957 bits per heavy atom. The highest BCUT2D eigenvalue weighted by atomic mass is 35.5. The summed E-state index contributed by atoms with van der Waals surface area (Å²) in [5.41, 5.74) is 1.24. The van der Waals surface area contributed by atoms with Crippen LogP contribution in [0, 0.1) is 0 Å². The topological polar surface area (TPSA) is 21.8 Å². The molecular formula is C18H39ClN4. The van der Waals surface area contributed by atoms with Gasteiger partial charge in [0.2, 0.25) is 0 Å². The number of benzene rings is 1. The van der Waals surface area contributed by atoms with Crippen molar-refractivity contribution in [3.63, 3.8) is 0 Å². The first-order chi connectivity index (χ1) is 12.4. The van der Waals surface area contributed by atoms with Gasteiger partial charge in [0.05, 0.1) is 0 Å². The third-order valence-electron chi connectivity index (χ3n) is 2.81. The number of likely N-dealkylation sites (N-methyl/N-ethyl adjacent to an activating group) is 4. The second-order valence-corrected chi connectivity index (χ2v) is 5.17. The smallest absolute Gasteiger partial charge is 0.0394 e. The Hall–Kier alpha value is -0.650. The fourth-order valence-corrected chi connectivity index (χ4v) is 1.57. The highest BCUT2D eigenvalue weighted by Crippen LogP contribution is 2.01. The molecule has 1 N–H and O–H groups in total. The summed E-state index contributed by atoms with van der Waals surface area (Å²) in [6.45, 7) is -0.564. The highest BCUT2D eigenvalue weighted by molar-refractivity contribution is 5.85. The summed E-state index contributed by atoms with van der Waals surface area (Å²) in [5.74, 6) is 0. The van der Waals surface area contributed by atoms with Crippen LogP contribution in [0.15, 0.2) is 30.3 Å². The maximum absolute atomic E-state index is 7.24. The Bertz CT molecular complexity index is 499. The van der Waals surface area contributed by atoms with Crippen LogP contribution < -0.4 is 5.32 Å². The van der Waals surface area contributed by atoms with Crippen molar-refractivity contribution in [1.82, 2.24) is 20.0 Å². The molecule has 0 heterocycles. The van der Waals surface area contributed by atoms with Gasteiger partial charge in [0.1, 0.15) is 0 Å². The van der Waals surface area contributed by atoms with Gasteiger partial charge in [0.15, 0.2) is 0 Å². The first kappa shape index (κ1) is 15.9. The minimum Gasteiger partial charge on any atom is -0.318 e. The van der Waals surface area contributed by atoms with Crippen LogP contribution >= 0.6 is 12.4 Å². The lowest BCUT2D eigenvalue weighted by Crippen LogP contribution is -2.28. The molecule has 0 amide bonds.